The number of fused-ring (bicyclic) bond motifs is 7. The fourth-order valence-corrected chi connectivity index (χ4v) is 4.36. The molecule has 0 N–H and O–H groups in total. The lowest BCUT2D eigenvalue weighted by atomic mass is 9.90. The van der Waals surface area contributed by atoms with Crippen molar-refractivity contribution in [3.63, 3.8) is 0 Å². The first-order valence-electron chi connectivity index (χ1n) is 9.57. The summed E-state index contributed by atoms with van der Waals surface area (Å²) in [4.78, 5) is 14.6. The fraction of sp³-hybridized carbons (Fsp3) is 0.0800. The maximum Gasteiger partial charge on any atom is 0.0811 e. The number of benzene rings is 1. The topological polar surface area (TPSA) is 38.7 Å². The zero-order valence-corrected chi connectivity index (χ0v) is 15.2. The maximum absolute atomic E-state index is 5.18. The Morgan fingerprint density at radius 1 is 0.929 bits per heavy atom. The van der Waals surface area contributed by atoms with Gasteiger partial charge >= 0.3 is 0 Å². The van der Waals surface area contributed by atoms with Gasteiger partial charge in [-0.3, -0.25) is 9.97 Å². The van der Waals surface area contributed by atoms with E-state index in [1.807, 2.05) is 18.5 Å². The van der Waals surface area contributed by atoms with Crippen molar-refractivity contribution in [2.45, 2.75) is 12.3 Å². The van der Waals surface area contributed by atoms with Gasteiger partial charge in [0.05, 0.1) is 22.3 Å². The lowest BCUT2D eigenvalue weighted by molar-refractivity contribution is 0.928. The standard InChI is InChI=1S/C25H17N3/c1-2-7-16(8-3-1)17-10-6-11-19-24(17)27-21-12-5-4-9-18(21)23-20-15-26-14-13-22(20)28-25(19)23/h1-8,10-15,17H,9H2. The summed E-state index contributed by atoms with van der Waals surface area (Å²) in [6.07, 6.45) is 17.5. The van der Waals surface area contributed by atoms with Gasteiger partial charge in [0, 0.05) is 34.5 Å². The van der Waals surface area contributed by atoms with Crippen LogP contribution in [0.15, 0.2) is 73.1 Å². The Hall–Kier alpha value is -3.59. The Morgan fingerprint density at radius 3 is 2.79 bits per heavy atom. The van der Waals surface area contributed by atoms with Gasteiger partial charge in [-0.1, -0.05) is 60.7 Å². The molecule has 1 aromatic heterocycles. The van der Waals surface area contributed by atoms with Crippen molar-refractivity contribution in [2.24, 2.45) is 0 Å². The van der Waals surface area contributed by atoms with E-state index in [0.29, 0.717) is 0 Å². The maximum atomic E-state index is 5.18. The molecule has 3 heterocycles. The van der Waals surface area contributed by atoms with E-state index in [1.54, 1.807) is 0 Å². The zero-order chi connectivity index (χ0) is 18.5. The van der Waals surface area contributed by atoms with Gasteiger partial charge in [-0.25, -0.2) is 4.98 Å². The van der Waals surface area contributed by atoms with Crippen LogP contribution in [0.4, 0.5) is 0 Å². The summed E-state index contributed by atoms with van der Waals surface area (Å²) in [6.45, 7) is 0. The summed E-state index contributed by atoms with van der Waals surface area (Å²) in [5.74, 6) is 0.123. The second-order valence-corrected chi connectivity index (χ2v) is 7.24. The second-order valence-electron chi connectivity index (χ2n) is 7.24. The summed E-state index contributed by atoms with van der Waals surface area (Å²) in [6, 6.07) is 12.6. The van der Waals surface area contributed by atoms with E-state index >= 15 is 0 Å². The van der Waals surface area contributed by atoms with E-state index in [2.05, 4.69) is 71.8 Å². The molecule has 0 spiro atoms. The predicted octanol–water partition coefficient (Wildman–Crippen LogP) is 3.50. The average molecular weight is 359 g/mol. The number of pyridine rings is 1. The van der Waals surface area contributed by atoms with E-state index in [9.17, 15) is 0 Å². The average Bonchev–Trinajstić information content (AvgIpc) is 3.07. The van der Waals surface area contributed by atoms with Gasteiger partial charge in [0.25, 0.3) is 0 Å². The summed E-state index contributed by atoms with van der Waals surface area (Å²) < 4.78 is 0. The minimum absolute atomic E-state index is 0.123. The summed E-state index contributed by atoms with van der Waals surface area (Å²) in [5, 5.41) is 3.26. The molecule has 1 unspecified atom stereocenters. The van der Waals surface area contributed by atoms with Crippen LogP contribution >= 0.6 is 0 Å². The second kappa shape index (κ2) is 5.96. The van der Waals surface area contributed by atoms with Crippen LogP contribution in [-0.2, 0) is 6.42 Å². The van der Waals surface area contributed by atoms with Gasteiger partial charge in [-0.05, 0) is 29.7 Å². The smallest absolute Gasteiger partial charge is 0.0811 e. The van der Waals surface area contributed by atoms with Crippen molar-refractivity contribution in [1.29, 1.82) is 0 Å². The first kappa shape index (κ1) is 15.5. The number of nitrogens with zero attached hydrogens (tertiary/aromatic N) is 3. The van der Waals surface area contributed by atoms with Gasteiger partial charge in [0.2, 0.25) is 0 Å². The van der Waals surface area contributed by atoms with E-state index in [-0.39, 0.29) is 5.92 Å². The molecule has 0 saturated carbocycles. The molecule has 0 fully saturated rings. The molecule has 6 rings (SSSR count). The van der Waals surface area contributed by atoms with E-state index in [1.165, 1.54) is 16.7 Å². The molecule has 28 heavy (non-hydrogen) atoms. The molecule has 0 radical (unpaired) electrons. The Morgan fingerprint density at radius 2 is 1.86 bits per heavy atom. The van der Waals surface area contributed by atoms with Crippen LogP contribution in [0.3, 0.4) is 0 Å². The minimum Gasteiger partial charge on any atom is -0.264 e. The largest absolute Gasteiger partial charge is 0.264 e. The van der Waals surface area contributed by atoms with Crippen LogP contribution in [-0.4, -0.2) is 15.0 Å². The molecule has 3 nitrogen and oxygen atoms in total. The quantitative estimate of drug-likeness (QED) is 0.522. The number of aromatic nitrogens is 3. The van der Waals surface area contributed by atoms with Crippen LogP contribution in [0, 0.1) is 0 Å². The van der Waals surface area contributed by atoms with Crippen LogP contribution in [0.1, 0.15) is 22.7 Å². The Labute approximate surface area is 162 Å². The third-order valence-corrected chi connectivity index (χ3v) is 5.65. The first-order chi connectivity index (χ1) is 13.9. The van der Waals surface area contributed by atoms with Crippen LogP contribution < -0.4 is 10.6 Å². The van der Waals surface area contributed by atoms with E-state index in [0.717, 1.165) is 39.3 Å². The molecule has 132 valence electrons. The van der Waals surface area contributed by atoms with E-state index < -0.39 is 0 Å². The third kappa shape index (κ3) is 2.20. The Kier molecular flexibility index (Phi) is 3.29. The Balaban J connectivity index is 1.79. The first-order valence-corrected chi connectivity index (χ1v) is 9.57. The highest BCUT2D eigenvalue weighted by molar-refractivity contribution is 5.98. The normalized spacial score (nSPS) is 17.1. The highest BCUT2D eigenvalue weighted by Crippen LogP contribution is 2.33. The number of hydrogen-bond donors (Lipinski definition) is 0. The van der Waals surface area contributed by atoms with Gasteiger partial charge in [0.15, 0.2) is 0 Å². The molecular weight excluding hydrogens is 342 g/mol. The van der Waals surface area contributed by atoms with Crippen LogP contribution in [0.25, 0.3) is 34.3 Å². The van der Waals surface area contributed by atoms with Gasteiger partial charge in [0.1, 0.15) is 0 Å². The predicted molar refractivity (Wildman–Crippen MR) is 112 cm³/mol. The van der Waals surface area contributed by atoms with Gasteiger partial charge in [-0.2, -0.15) is 0 Å². The van der Waals surface area contributed by atoms with Crippen molar-refractivity contribution in [3.8, 4) is 11.3 Å². The highest BCUT2D eigenvalue weighted by atomic mass is 14.8. The van der Waals surface area contributed by atoms with Crippen molar-refractivity contribution >= 4 is 23.1 Å². The van der Waals surface area contributed by atoms with Crippen LogP contribution in [0.2, 0.25) is 0 Å². The number of allylic oxidation sites excluding steroid dienone is 4. The van der Waals surface area contributed by atoms with Gasteiger partial charge in [-0.15, -0.1) is 0 Å². The molecule has 3 heteroatoms. The molecule has 4 aliphatic rings. The van der Waals surface area contributed by atoms with Crippen molar-refractivity contribution in [1.82, 2.24) is 15.0 Å². The molecule has 2 aromatic rings. The lowest BCUT2D eigenvalue weighted by Gasteiger charge is -2.15. The van der Waals surface area contributed by atoms with Crippen molar-refractivity contribution in [3.05, 3.63) is 100 Å². The third-order valence-electron chi connectivity index (χ3n) is 5.65. The van der Waals surface area contributed by atoms with Crippen molar-refractivity contribution < 1.29 is 0 Å². The van der Waals surface area contributed by atoms with E-state index in [4.69, 9.17) is 9.97 Å². The molecule has 0 saturated heterocycles. The lowest BCUT2D eigenvalue weighted by Crippen LogP contribution is -2.21. The summed E-state index contributed by atoms with van der Waals surface area (Å²) >= 11 is 0. The molecular formula is C25H17N3. The Bertz CT molecular complexity index is 1380. The number of hydrogen-bond acceptors (Lipinski definition) is 3. The molecule has 1 atom stereocenters. The monoisotopic (exact) mass is 359 g/mol. The molecule has 0 amide bonds. The molecule has 0 bridgehead atoms. The van der Waals surface area contributed by atoms with Gasteiger partial charge < -0.3 is 0 Å². The number of rotatable bonds is 1. The summed E-state index contributed by atoms with van der Waals surface area (Å²) in [7, 11) is 0. The fourth-order valence-electron chi connectivity index (χ4n) is 4.36. The van der Waals surface area contributed by atoms with Crippen LogP contribution in [0.5, 0.6) is 0 Å². The molecule has 1 aromatic carbocycles. The highest BCUT2D eigenvalue weighted by Gasteiger charge is 2.24. The summed E-state index contributed by atoms with van der Waals surface area (Å²) in [5.41, 5.74) is 6.77. The molecule has 2 aliphatic heterocycles. The molecule has 2 aliphatic carbocycles. The van der Waals surface area contributed by atoms with Crippen molar-refractivity contribution in [2.75, 3.05) is 0 Å². The minimum atomic E-state index is 0.123. The SMILES string of the molecule is C1=CCc2c3c4cnccc4nc-3c3c(nc2=C1)C(c1ccccc1)C=CC=3. The zero-order valence-electron chi connectivity index (χ0n) is 15.2.